The number of hydrogen-bond acceptors (Lipinski definition) is 8. The molecule has 3 rings (SSSR count). The van der Waals surface area contributed by atoms with Gasteiger partial charge < -0.3 is 5.11 Å². The summed E-state index contributed by atoms with van der Waals surface area (Å²) in [5, 5.41) is 20.0. The number of benzene rings is 3. The SMILES string of the molecule is CC(=S)[As](c1cc(C(C)(C)C)c(O)c(C(C)(C)C)c1)S(=O)(=O)c1cc(C(=O)NS(=O)(=O)c2ccc(C(=O)O)cc2)ccc1Cl. The van der Waals surface area contributed by atoms with Crippen LogP contribution in [0.5, 0.6) is 5.75 Å². The van der Waals surface area contributed by atoms with Crippen molar-refractivity contribution in [2.75, 3.05) is 0 Å². The van der Waals surface area contributed by atoms with Crippen molar-refractivity contribution in [2.45, 2.75) is 69.1 Å². The van der Waals surface area contributed by atoms with Gasteiger partial charge in [-0.25, -0.2) is 4.79 Å². The number of amides is 1. The van der Waals surface area contributed by atoms with Crippen molar-refractivity contribution in [2.24, 2.45) is 0 Å². The predicted molar refractivity (Wildman–Crippen MR) is 176 cm³/mol. The van der Waals surface area contributed by atoms with Crippen LogP contribution in [0.15, 0.2) is 64.4 Å². The average Bonchev–Trinajstić information content (AvgIpc) is 2.87. The van der Waals surface area contributed by atoms with Gasteiger partial charge in [0.25, 0.3) is 0 Å². The Morgan fingerprint density at radius 2 is 1.32 bits per heavy atom. The van der Waals surface area contributed by atoms with Gasteiger partial charge >= 0.3 is 263 Å². The third kappa shape index (κ3) is 7.54. The fraction of sp³-hybridized carbons (Fsp3) is 0.300. The Morgan fingerprint density at radius 3 is 1.75 bits per heavy atom. The van der Waals surface area contributed by atoms with Crippen LogP contribution >= 0.6 is 23.8 Å². The van der Waals surface area contributed by atoms with Gasteiger partial charge in [-0.3, -0.25) is 0 Å². The maximum absolute atomic E-state index is 14.3. The minimum atomic E-state index is -4.43. The molecule has 0 heterocycles. The van der Waals surface area contributed by atoms with E-state index in [1.807, 2.05) is 46.3 Å². The number of phenolic OH excluding ortho intramolecular Hbond substituents is 1. The molecule has 3 aromatic carbocycles. The molecule has 0 saturated heterocycles. The zero-order valence-corrected chi connectivity index (χ0v) is 30.2. The number of hydrogen-bond donors (Lipinski definition) is 3. The van der Waals surface area contributed by atoms with Crippen LogP contribution in [0.25, 0.3) is 0 Å². The molecular weight excluding hydrogens is 709 g/mol. The fourth-order valence-electron chi connectivity index (χ4n) is 4.33. The van der Waals surface area contributed by atoms with Crippen LogP contribution in [0, 0.1) is 0 Å². The quantitative estimate of drug-likeness (QED) is 0.212. The number of halogens is 1. The molecule has 236 valence electrons. The van der Waals surface area contributed by atoms with E-state index in [0.29, 0.717) is 15.5 Å². The van der Waals surface area contributed by atoms with Crippen molar-refractivity contribution in [3.05, 3.63) is 81.9 Å². The van der Waals surface area contributed by atoms with Crippen molar-refractivity contribution < 1.29 is 36.6 Å². The Hall–Kier alpha value is -2.76. The van der Waals surface area contributed by atoms with Gasteiger partial charge in [-0.2, -0.15) is 0 Å². The Morgan fingerprint density at radius 1 is 0.841 bits per heavy atom. The first-order valence-electron chi connectivity index (χ1n) is 13.1. The molecule has 1 unspecified atom stereocenters. The predicted octanol–water partition coefficient (Wildman–Crippen LogP) is 5.06. The third-order valence-corrected chi connectivity index (χ3v) is 20.8. The first-order valence-corrected chi connectivity index (χ1v) is 21.0. The number of phenols is 1. The molecule has 1 amide bonds. The number of carboxylic acid groups (broad SMARTS) is 1. The first-order chi connectivity index (χ1) is 20.0. The zero-order valence-electron chi connectivity index (χ0n) is 25.1. The normalized spacial score (nSPS) is 13.3. The van der Waals surface area contributed by atoms with E-state index < -0.39 is 54.3 Å². The number of carbonyl (C=O) groups is 2. The maximum atomic E-state index is 14.3. The number of aromatic hydroxyl groups is 1. The topological polar surface area (TPSA) is 155 Å². The van der Waals surface area contributed by atoms with E-state index in [1.54, 1.807) is 19.1 Å². The second-order valence-electron chi connectivity index (χ2n) is 12.1. The number of rotatable bonds is 8. The summed E-state index contributed by atoms with van der Waals surface area (Å²) in [6.07, 6.45) is 0. The molecule has 0 spiro atoms. The Kier molecular flexibility index (Phi) is 10.2. The van der Waals surface area contributed by atoms with Gasteiger partial charge in [-0.1, -0.05) is 0 Å². The Bertz CT molecular complexity index is 1840. The molecule has 1 atom stereocenters. The molecule has 0 radical (unpaired) electrons. The molecule has 9 nitrogen and oxygen atoms in total. The summed E-state index contributed by atoms with van der Waals surface area (Å²) < 4.78 is 56.8. The van der Waals surface area contributed by atoms with Crippen LogP contribution in [0.1, 0.15) is 80.3 Å². The molecule has 0 aromatic heterocycles. The van der Waals surface area contributed by atoms with Gasteiger partial charge in [0.2, 0.25) is 0 Å². The van der Waals surface area contributed by atoms with Crippen LogP contribution in [-0.2, 0) is 29.0 Å². The van der Waals surface area contributed by atoms with Crippen LogP contribution in [0.2, 0.25) is 5.02 Å². The molecule has 0 aliphatic heterocycles. The molecule has 14 heteroatoms. The summed E-state index contributed by atoms with van der Waals surface area (Å²) in [6, 6.07) is 11.0. The molecule has 0 aliphatic rings. The molecule has 0 aliphatic carbocycles. The Balaban J connectivity index is 2.13. The molecule has 3 aromatic rings. The first kappa shape index (κ1) is 35.7. The molecule has 0 bridgehead atoms. The van der Waals surface area contributed by atoms with E-state index in [0.717, 1.165) is 30.3 Å². The summed E-state index contributed by atoms with van der Waals surface area (Å²) in [4.78, 5) is 23.4. The zero-order chi connectivity index (χ0) is 33.6. The van der Waals surface area contributed by atoms with Crippen molar-refractivity contribution in [3.8, 4) is 5.75 Å². The van der Waals surface area contributed by atoms with Gasteiger partial charge in [-0.05, 0) is 0 Å². The second-order valence-corrected chi connectivity index (χ2v) is 25.5. The Labute approximate surface area is 271 Å². The monoisotopic (exact) mass is 741 g/mol. The van der Waals surface area contributed by atoms with Gasteiger partial charge in [-0.15, -0.1) is 0 Å². The summed E-state index contributed by atoms with van der Waals surface area (Å²) >= 11 is 8.51. The van der Waals surface area contributed by atoms with Gasteiger partial charge in [0.05, 0.1) is 0 Å². The number of carboxylic acids is 1. The third-order valence-electron chi connectivity index (χ3n) is 6.58. The standard InChI is InChI=1S/C30H33AsClNO8S3/c1-17(42)31(20-15-22(29(2,3)4)26(34)23(16-20)30(5,6)7)43(38,39)25-14-19(10-13-24(25)32)27(35)33-44(40,41)21-11-8-18(9-12-21)28(36)37/h8-16,34H,1-7H3,(H,33,35)(H,36,37). The van der Waals surface area contributed by atoms with Crippen LogP contribution in [0.3, 0.4) is 0 Å². The number of aromatic carboxylic acids is 1. The van der Waals surface area contributed by atoms with Crippen LogP contribution in [-0.4, -0.2) is 56.1 Å². The van der Waals surface area contributed by atoms with E-state index in [2.05, 4.69) is 0 Å². The summed E-state index contributed by atoms with van der Waals surface area (Å²) in [7, 11) is -8.71. The van der Waals surface area contributed by atoms with Gasteiger partial charge in [0, 0.05) is 0 Å². The molecule has 0 fully saturated rings. The summed E-state index contributed by atoms with van der Waals surface area (Å²) in [5.41, 5.74) is -0.374. The van der Waals surface area contributed by atoms with E-state index in [1.165, 1.54) is 12.1 Å². The molecule has 44 heavy (non-hydrogen) atoms. The minimum absolute atomic E-state index is 0.0811. The number of sulfonamides is 1. The molecular formula is C30H33AsClNO8S3. The van der Waals surface area contributed by atoms with Crippen molar-refractivity contribution >= 4 is 75.3 Å². The second kappa shape index (κ2) is 12.6. The van der Waals surface area contributed by atoms with E-state index in [4.69, 9.17) is 28.9 Å². The molecule has 0 saturated carbocycles. The van der Waals surface area contributed by atoms with Crippen LogP contribution < -0.4 is 9.07 Å². The number of thiocarbonyl (C=S) groups is 1. The molecule has 3 N–H and O–H groups in total. The van der Waals surface area contributed by atoms with Crippen molar-refractivity contribution in [3.63, 3.8) is 0 Å². The number of carbonyl (C=O) groups excluding carboxylic acids is 1. The average molecular weight is 742 g/mol. The van der Waals surface area contributed by atoms with Crippen molar-refractivity contribution in [1.29, 1.82) is 0 Å². The van der Waals surface area contributed by atoms with E-state index >= 15 is 0 Å². The van der Waals surface area contributed by atoms with Crippen molar-refractivity contribution in [1.82, 2.24) is 4.72 Å². The van der Waals surface area contributed by atoms with E-state index in [-0.39, 0.29) is 35.3 Å². The number of nitrogens with one attached hydrogen (secondary N) is 1. The van der Waals surface area contributed by atoms with Crippen LogP contribution in [0.4, 0.5) is 0 Å². The van der Waals surface area contributed by atoms with Gasteiger partial charge in [0.1, 0.15) is 0 Å². The summed E-state index contributed by atoms with van der Waals surface area (Å²) in [6.45, 7) is 13.0. The van der Waals surface area contributed by atoms with E-state index in [9.17, 15) is 31.5 Å². The summed E-state index contributed by atoms with van der Waals surface area (Å²) in [5.74, 6) is -2.29. The van der Waals surface area contributed by atoms with Gasteiger partial charge in [0.15, 0.2) is 0 Å². The fourth-order valence-corrected chi connectivity index (χ4v) is 18.0.